The van der Waals surface area contributed by atoms with Crippen molar-refractivity contribution in [1.82, 2.24) is 13.9 Å². The predicted molar refractivity (Wildman–Crippen MR) is 60.9 cm³/mol. The van der Waals surface area contributed by atoms with Gasteiger partial charge < -0.3 is 5.32 Å². The summed E-state index contributed by atoms with van der Waals surface area (Å²) in [6, 6.07) is 0.295. The smallest absolute Gasteiger partial charge is 0.282 e. The van der Waals surface area contributed by atoms with Gasteiger partial charge in [-0.2, -0.15) is 17.0 Å². The molecule has 90 valence electrons. The largest absolute Gasteiger partial charge is 0.316 e. The molecule has 0 saturated carbocycles. The minimum atomic E-state index is -3.25. The molecule has 0 radical (unpaired) electrons. The first kappa shape index (κ1) is 12.9. The zero-order valence-corrected chi connectivity index (χ0v) is 10.7. The summed E-state index contributed by atoms with van der Waals surface area (Å²) in [4.78, 5) is 0. The fourth-order valence-electron chi connectivity index (χ4n) is 1.62. The van der Waals surface area contributed by atoms with Crippen LogP contribution in [0, 0.1) is 0 Å². The molecular weight excluding hydrogens is 214 g/mol. The van der Waals surface area contributed by atoms with Crippen LogP contribution in [-0.2, 0) is 10.2 Å². The number of hydrogen-bond donors (Lipinski definition) is 1. The third-order valence-corrected chi connectivity index (χ3v) is 5.11. The molecule has 1 atom stereocenters. The molecule has 0 spiro atoms. The molecule has 1 saturated heterocycles. The second-order valence-electron chi connectivity index (χ2n) is 4.25. The molecule has 5 nitrogen and oxygen atoms in total. The number of nitrogens with zero attached hydrogens (tertiary/aromatic N) is 2. The van der Waals surface area contributed by atoms with Crippen LogP contribution in [0.2, 0.25) is 0 Å². The van der Waals surface area contributed by atoms with Gasteiger partial charge in [-0.05, 0) is 27.3 Å². The Balaban J connectivity index is 2.72. The molecule has 0 aromatic rings. The third-order valence-electron chi connectivity index (χ3n) is 2.98. The monoisotopic (exact) mass is 235 g/mol. The normalized spacial score (nSPS) is 24.3. The summed E-state index contributed by atoms with van der Waals surface area (Å²) in [7, 11) is 0.245. The summed E-state index contributed by atoms with van der Waals surface area (Å²) in [6.45, 7) is 4.95. The van der Waals surface area contributed by atoms with Crippen LogP contribution < -0.4 is 5.32 Å². The molecule has 1 unspecified atom stereocenters. The van der Waals surface area contributed by atoms with Crippen molar-refractivity contribution in [2.24, 2.45) is 0 Å². The second-order valence-corrected chi connectivity index (χ2v) is 6.24. The number of hydrogen-bond acceptors (Lipinski definition) is 3. The Morgan fingerprint density at radius 1 is 1.47 bits per heavy atom. The topological polar surface area (TPSA) is 52.7 Å². The van der Waals surface area contributed by atoms with Crippen molar-refractivity contribution in [2.75, 3.05) is 27.2 Å². The number of nitrogens with one attached hydrogen (secondary N) is 1. The summed E-state index contributed by atoms with van der Waals surface area (Å²) in [5.41, 5.74) is 0. The minimum absolute atomic E-state index is 0.00337. The Labute approximate surface area is 92.6 Å². The standard InChI is InChI=1S/C9H21N3O2S/c1-8(2)11(4)15(13,14)12-6-5-9(7-12)10-3/h8-10H,5-7H2,1-4H3. The van der Waals surface area contributed by atoms with Gasteiger partial charge >= 0.3 is 0 Å². The van der Waals surface area contributed by atoms with Gasteiger partial charge in [0.05, 0.1) is 0 Å². The van der Waals surface area contributed by atoms with Gasteiger partial charge in [0.1, 0.15) is 0 Å². The fourth-order valence-corrected chi connectivity index (χ4v) is 3.22. The lowest BCUT2D eigenvalue weighted by molar-refractivity contribution is 0.356. The zero-order valence-electron chi connectivity index (χ0n) is 9.90. The van der Waals surface area contributed by atoms with Crippen molar-refractivity contribution in [2.45, 2.75) is 32.4 Å². The van der Waals surface area contributed by atoms with Crippen LogP contribution in [0.25, 0.3) is 0 Å². The van der Waals surface area contributed by atoms with E-state index in [1.54, 1.807) is 11.4 Å². The quantitative estimate of drug-likeness (QED) is 0.738. The first-order valence-corrected chi connectivity index (χ1v) is 6.69. The first-order valence-electron chi connectivity index (χ1n) is 5.30. The highest BCUT2D eigenvalue weighted by Gasteiger charge is 2.34. The maximum Gasteiger partial charge on any atom is 0.282 e. The first-order chi connectivity index (χ1) is 6.89. The maximum absolute atomic E-state index is 12.1. The van der Waals surface area contributed by atoms with Gasteiger partial charge in [-0.15, -0.1) is 0 Å². The van der Waals surface area contributed by atoms with Gasteiger partial charge in [0.2, 0.25) is 0 Å². The maximum atomic E-state index is 12.1. The number of rotatable bonds is 4. The highest BCUT2D eigenvalue weighted by atomic mass is 32.2. The summed E-state index contributed by atoms with van der Waals surface area (Å²) >= 11 is 0. The summed E-state index contributed by atoms with van der Waals surface area (Å²) < 4.78 is 27.1. The van der Waals surface area contributed by atoms with Crippen LogP contribution in [0.15, 0.2) is 0 Å². The van der Waals surface area contributed by atoms with E-state index in [4.69, 9.17) is 0 Å². The number of likely N-dealkylation sites (N-methyl/N-ethyl adjacent to an activating group) is 1. The second kappa shape index (κ2) is 4.78. The lowest BCUT2D eigenvalue weighted by atomic mass is 10.3. The van der Waals surface area contributed by atoms with Crippen molar-refractivity contribution in [3.8, 4) is 0 Å². The molecule has 15 heavy (non-hydrogen) atoms. The average molecular weight is 235 g/mol. The zero-order chi connectivity index (χ0) is 11.6. The highest BCUT2D eigenvalue weighted by Crippen LogP contribution is 2.17. The van der Waals surface area contributed by atoms with Crippen LogP contribution in [0.4, 0.5) is 0 Å². The van der Waals surface area contributed by atoms with Crippen molar-refractivity contribution < 1.29 is 8.42 Å². The van der Waals surface area contributed by atoms with Crippen LogP contribution in [0.5, 0.6) is 0 Å². The molecule has 1 heterocycles. The Morgan fingerprint density at radius 2 is 2.07 bits per heavy atom. The van der Waals surface area contributed by atoms with E-state index in [2.05, 4.69) is 5.32 Å². The van der Waals surface area contributed by atoms with Gasteiger partial charge in [0.25, 0.3) is 10.2 Å². The molecule has 0 aliphatic carbocycles. The van der Waals surface area contributed by atoms with Crippen molar-refractivity contribution >= 4 is 10.2 Å². The summed E-state index contributed by atoms with van der Waals surface area (Å²) in [5.74, 6) is 0. The lowest BCUT2D eigenvalue weighted by Gasteiger charge is -2.26. The fraction of sp³-hybridized carbons (Fsp3) is 1.00. The Kier molecular flexibility index (Phi) is 4.11. The van der Waals surface area contributed by atoms with E-state index in [0.717, 1.165) is 6.42 Å². The molecule has 1 aliphatic rings. The van der Waals surface area contributed by atoms with Crippen LogP contribution in [0.3, 0.4) is 0 Å². The molecule has 0 bridgehead atoms. The van der Waals surface area contributed by atoms with Crippen molar-refractivity contribution in [1.29, 1.82) is 0 Å². The predicted octanol–water partition coefficient (Wildman–Crippen LogP) is -0.135. The summed E-state index contributed by atoms with van der Waals surface area (Å²) in [6.07, 6.45) is 0.891. The molecule has 1 fully saturated rings. The molecular formula is C9H21N3O2S. The molecule has 1 rings (SSSR count). The van der Waals surface area contributed by atoms with Crippen LogP contribution in [-0.4, -0.2) is 56.3 Å². The lowest BCUT2D eigenvalue weighted by Crippen LogP contribution is -2.44. The highest BCUT2D eigenvalue weighted by molar-refractivity contribution is 7.86. The third kappa shape index (κ3) is 2.69. The van der Waals surface area contributed by atoms with E-state index in [1.807, 2.05) is 20.9 Å². The van der Waals surface area contributed by atoms with Gasteiger partial charge in [-0.1, -0.05) is 0 Å². The Bertz CT molecular complexity index is 302. The SMILES string of the molecule is CNC1CCN(S(=O)(=O)N(C)C(C)C)C1. The van der Waals surface area contributed by atoms with E-state index in [9.17, 15) is 8.42 Å². The molecule has 0 aromatic carbocycles. The molecule has 1 aliphatic heterocycles. The average Bonchev–Trinajstić information content (AvgIpc) is 2.65. The van der Waals surface area contributed by atoms with Crippen LogP contribution in [0.1, 0.15) is 20.3 Å². The van der Waals surface area contributed by atoms with Gasteiger partial charge in [0.15, 0.2) is 0 Å². The van der Waals surface area contributed by atoms with E-state index in [0.29, 0.717) is 19.1 Å². The molecule has 0 aromatic heterocycles. The van der Waals surface area contributed by atoms with E-state index >= 15 is 0 Å². The van der Waals surface area contributed by atoms with Crippen LogP contribution >= 0.6 is 0 Å². The molecule has 1 N–H and O–H groups in total. The summed E-state index contributed by atoms with van der Waals surface area (Å²) in [5, 5.41) is 3.11. The van der Waals surface area contributed by atoms with Gasteiger partial charge in [-0.25, -0.2) is 0 Å². The van der Waals surface area contributed by atoms with Gasteiger partial charge in [-0.3, -0.25) is 0 Å². The molecule has 0 amide bonds. The van der Waals surface area contributed by atoms with Crippen molar-refractivity contribution in [3.05, 3.63) is 0 Å². The van der Waals surface area contributed by atoms with Crippen molar-refractivity contribution in [3.63, 3.8) is 0 Å². The Hall–Kier alpha value is -0.170. The minimum Gasteiger partial charge on any atom is -0.316 e. The Morgan fingerprint density at radius 3 is 2.47 bits per heavy atom. The van der Waals surface area contributed by atoms with E-state index < -0.39 is 10.2 Å². The molecule has 6 heteroatoms. The van der Waals surface area contributed by atoms with Gasteiger partial charge in [0, 0.05) is 32.2 Å². The van der Waals surface area contributed by atoms with E-state index in [-0.39, 0.29) is 6.04 Å². The van der Waals surface area contributed by atoms with E-state index in [1.165, 1.54) is 4.31 Å².